The highest BCUT2D eigenvalue weighted by Crippen LogP contribution is 2.28. The van der Waals surface area contributed by atoms with Crippen LogP contribution in [-0.2, 0) is 4.79 Å². The number of hydrogen-bond acceptors (Lipinski definition) is 3. The molecule has 114 valence electrons. The third-order valence-electron chi connectivity index (χ3n) is 4.59. The van der Waals surface area contributed by atoms with E-state index < -0.39 is 0 Å². The summed E-state index contributed by atoms with van der Waals surface area (Å²) < 4.78 is 0. The number of carbonyl (C=O) groups excluding carboxylic acids is 1. The van der Waals surface area contributed by atoms with Crippen LogP contribution in [0.4, 0.5) is 0 Å². The average Bonchev–Trinajstić information content (AvgIpc) is 2.91. The highest BCUT2D eigenvalue weighted by atomic mass is 32.1. The van der Waals surface area contributed by atoms with Gasteiger partial charge in [-0.1, -0.05) is 37.9 Å². The van der Waals surface area contributed by atoms with Crippen molar-refractivity contribution in [1.29, 1.82) is 0 Å². The lowest BCUT2D eigenvalue weighted by molar-refractivity contribution is -0.122. The van der Waals surface area contributed by atoms with Crippen LogP contribution >= 0.6 is 12.2 Å². The molecule has 4 nitrogen and oxygen atoms in total. The molecule has 0 aromatic carbocycles. The topological polar surface area (TPSA) is 58.4 Å². The molecule has 5 heteroatoms. The molecule has 1 heterocycles. The van der Waals surface area contributed by atoms with Crippen molar-refractivity contribution in [3.05, 3.63) is 0 Å². The van der Waals surface area contributed by atoms with E-state index in [9.17, 15) is 4.79 Å². The Labute approximate surface area is 127 Å². The lowest BCUT2D eigenvalue weighted by Crippen LogP contribution is -2.46. The second-order valence-corrected chi connectivity index (χ2v) is 6.80. The molecule has 1 amide bonds. The fraction of sp³-hybridized carbons (Fsp3) is 0.867. The summed E-state index contributed by atoms with van der Waals surface area (Å²) in [5, 5.41) is 3.19. The molecule has 3 N–H and O–H groups in total. The molecule has 1 saturated heterocycles. The van der Waals surface area contributed by atoms with Crippen molar-refractivity contribution < 1.29 is 4.79 Å². The molecular weight excluding hydrogens is 270 g/mol. The Morgan fingerprint density at radius 1 is 1.20 bits per heavy atom. The summed E-state index contributed by atoms with van der Waals surface area (Å²) >= 11 is 4.93. The zero-order valence-electron chi connectivity index (χ0n) is 12.3. The Morgan fingerprint density at radius 3 is 2.45 bits per heavy atom. The Kier molecular flexibility index (Phi) is 6.23. The minimum absolute atomic E-state index is 0.240. The van der Waals surface area contributed by atoms with Crippen LogP contribution in [0.1, 0.15) is 51.4 Å². The molecule has 0 radical (unpaired) electrons. The monoisotopic (exact) mass is 297 g/mol. The lowest BCUT2D eigenvalue weighted by Gasteiger charge is -2.32. The Balaban J connectivity index is 1.59. The zero-order chi connectivity index (χ0) is 14.4. The van der Waals surface area contributed by atoms with Crippen LogP contribution in [0.15, 0.2) is 0 Å². The van der Waals surface area contributed by atoms with E-state index in [-0.39, 0.29) is 5.91 Å². The SMILES string of the molecule is NC(=S)CN1CCC(NC(=O)CCC2CCCC2)CC1. The summed E-state index contributed by atoms with van der Waals surface area (Å²) in [7, 11) is 0. The van der Waals surface area contributed by atoms with E-state index in [2.05, 4.69) is 10.2 Å². The molecule has 0 bridgehead atoms. The van der Waals surface area contributed by atoms with Gasteiger partial charge in [-0.05, 0) is 25.2 Å². The average molecular weight is 297 g/mol. The van der Waals surface area contributed by atoms with Crippen LogP contribution in [0.3, 0.4) is 0 Å². The number of amides is 1. The Hall–Kier alpha value is -0.680. The van der Waals surface area contributed by atoms with Gasteiger partial charge in [-0.3, -0.25) is 9.69 Å². The number of hydrogen-bond donors (Lipinski definition) is 2. The summed E-state index contributed by atoms with van der Waals surface area (Å²) in [4.78, 5) is 14.8. The number of nitrogens with one attached hydrogen (secondary N) is 1. The van der Waals surface area contributed by atoms with Crippen LogP contribution in [0.2, 0.25) is 0 Å². The Morgan fingerprint density at radius 2 is 1.85 bits per heavy atom. The van der Waals surface area contributed by atoms with Gasteiger partial charge < -0.3 is 11.1 Å². The molecule has 1 saturated carbocycles. The summed E-state index contributed by atoms with van der Waals surface area (Å²) in [6, 6.07) is 0.341. The van der Waals surface area contributed by atoms with Gasteiger partial charge in [0.25, 0.3) is 0 Å². The Bertz CT molecular complexity index is 334. The zero-order valence-corrected chi connectivity index (χ0v) is 13.1. The first-order chi connectivity index (χ1) is 9.63. The normalized spacial score (nSPS) is 22.0. The molecule has 1 aliphatic heterocycles. The number of likely N-dealkylation sites (tertiary alicyclic amines) is 1. The van der Waals surface area contributed by atoms with E-state index >= 15 is 0 Å². The number of thiocarbonyl (C=S) groups is 1. The fourth-order valence-corrected chi connectivity index (χ4v) is 3.57. The quantitative estimate of drug-likeness (QED) is 0.734. The molecular formula is C15H27N3OS. The number of piperidine rings is 1. The molecule has 2 rings (SSSR count). The highest BCUT2D eigenvalue weighted by molar-refractivity contribution is 7.80. The van der Waals surface area contributed by atoms with Crippen molar-refractivity contribution in [3.8, 4) is 0 Å². The van der Waals surface area contributed by atoms with Gasteiger partial charge >= 0.3 is 0 Å². The van der Waals surface area contributed by atoms with Crippen molar-refractivity contribution in [2.75, 3.05) is 19.6 Å². The van der Waals surface area contributed by atoms with Gasteiger partial charge in [0.15, 0.2) is 0 Å². The van der Waals surface area contributed by atoms with Gasteiger partial charge in [-0.2, -0.15) is 0 Å². The third-order valence-corrected chi connectivity index (χ3v) is 4.72. The number of carbonyl (C=O) groups is 1. The number of nitrogens with zero attached hydrogens (tertiary/aromatic N) is 1. The van der Waals surface area contributed by atoms with Crippen molar-refractivity contribution in [2.24, 2.45) is 11.7 Å². The van der Waals surface area contributed by atoms with E-state index in [1.165, 1.54) is 25.7 Å². The van der Waals surface area contributed by atoms with Gasteiger partial charge in [0.1, 0.15) is 0 Å². The van der Waals surface area contributed by atoms with Crippen molar-refractivity contribution in [3.63, 3.8) is 0 Å². The van der Waals surface area contributed by atoms with Gasteiger partial charge in [-0.15, -0.1) is 0 Å². The number of rotatable bonds is 6. The maximum Gasteiger partial charge on any atom is 0.220 e. The smallest absolute Gasteiger partial charge is 0.220 e. The predicted molar refractivity (Wildman–Crippen MR) is 85.6 cm³/mol. The van der Waals surface area contributed by atoms with Crippen LogP contribution in [0.25, 0.3) is 0 Å². The van der Waals surface area contributed by atoms with E-state index in [0.717, 1.165) is 38.3 Å². The third kappa shape index (κ3) is 5.37. The molecule has 0 unspecified atom stereocenters. The van der Waals surface area contributed by atoms with E-state index in [1.807, 2.05) is 0 Å². The minimum atomic E-state index is 0.240. The summed E-state index contributed by atoms with van der Waals surface area (Å²) in [6.45, 7) is 2.66. The summed E-state index contributed by atoms with van der Waals surface area (Å²) in [5.41, 5.74) is 5.56. The van der Waals surface area contributed by atoms with Crippen molar-refractivity contribution >= 4 is 23.1 Å². The minimum Gasteiger partial charge on any atom is -0.392 e. The molecule has 20 heavy (non-hydrogen) atoms. The maximum absolute atomic E-state index is 12.0. The highest BCUT2D eigenvalue weighted by Gasteiger charge is 2.21. The van der Waals surface area contributed by atoms with E-state index in [1.54, 1.807) is 0 Å². The predicted octanol–water partition coefficient (Wildman–Crippen LogP) is 1.82. The summed E-state index contributed by atoms with van der Waals surface area (Å²) in [6.07, 6.45) is 9.16. The molecule has 0 aromatic rings. The largest absolute Gasteiger partial charge is 0.392 e. The molecule has 1 aliphatic carbocycles. The number of nitrogens with two attached hydrogens (primary N) is 1. The van der Waals surface area contributed by atoms with Crippen LogP contribution in [0.5, 0.6) is 0 Å². The van der Waals surface area contributed by atoms with Crippen LogP contribution in [-0.4, -0.2) is 41.5 Å². The van der Waals surface area contributed by atoms with Gasteiger partial charge in [0.05, 0.1) is 4.99 Å². The van der Waals surface area contributed by atoms with Crippen LogP contribution in [0, 0.1) is 5.92 Å². The standard InChI is InChI=1S/C15H27N3OS/c16-14(20)11-18-9-7-13(8-10-18)17-15(19)6-5-12-3-1-2-4-12/h12-13H,1-11H2,(H2,16,20)(H,17,19). The fourth-order valence-electron chi connectivity index (χ4n) is 3.39. The first-order valence-corrected chi connectivity index (χ1v) is 8.34. The van der Waals surface area contributed by atoms with Gasteiger partial charge in [-0.25, -0.2) is 0 Å². The lowest BCUT2D eigenvalue weighted by atomic mass is 10.0. The molecule has 2 fully saturated rings. The second kappa shape index (κ2) is 7.93. The first kappa shape index (κ1) is 15.7. The van der Waals surface area contributed by atoms with Gasteiger partial charge in [0.2, 0.25) is 5.91 Å². The molecule has 2 aliphatic rings. The molecule has 0 spiro atoms. The van der Waals surface area contributed by atoms with Gasteiger partial charge in [0, 0.05) is 32.1 Å². The van der Waals surface area contributed by atoms with E-state index in [0.29, 0.717) is 24.0 Å². The first-order valence-electron chi connectivity index (χ1n) is 7.93. The summed E-state index contributed by atoms with van der Waals surface area (Å²) in [5.74, 6) is 1.04. The maximum atomic E-state index is 12.0. The van der Waals surface area contributed by atoms with Crippen molar-refractivity contribution in [1.82, 2.24) is 10.2 Å². The molecule has 0 atom stereocenters. The second-order valence-electron chi connectivity index (χ2n) is 6.27. The van der Waals surface area contributed by atoms with E-state index in [4.69, 9.17) is 18.0 Å². The van der Waals surface area contributed by atoms with Crippen LogP contribution < -0.4 is 11.1 Å². The van der Waals surface area contributed by atoms with Crippen molar-refractivity contribution in [2.45, 2.75) is 57.4 Å². The molecule has 0 aromatic heterocycles.